The van der Waals surface area contributed by atoms with E-state index in [0.29, 0.717) is 12.8 Å². The van der Waals surface area contributed by atoms with Crippen molar-refractivity contribution in [3.05, 3.63) is 0 Å². The topological polar surface area (TPSA) is 84.5 Å². The third-order valence-corrected chi connectivity index (χ3v) is 7.82. The van der Waals surface area contributed by atoms with Crippen molar-refractivity contribution in [2.24, 2.45) is 11.8 Å². The van der Waals surface area contributed by atoms with Crippen LogP contribution in [0.5, 0.6) is 0 Å². The van der Waals surface area contributed by atoms with E-state index in [-0.39, 0.29) is 13.0 Å². The highest BCUT2D eigenvalue weighted by molar-refractivity contribution is 5.93. The van der Waals surface area contributed by atoms with Gasteiger partial charge in [-0.25, -0.2) is 4.79 Å². The molecule has 0 aromatic carbocycles. The minimum Gasteiger partial charge on any atom is -0.464 e. The molecule has 0 fully saturated rings. The molecule has 2 N–H and O–H groups in total. The average Bonchev–Trinajstić information content (AvgIpc) is 2.94. The third kappa shape index (κ3) is 13.6. The van der Waals surface area contributed by atoms with Crippen molar-refractivity contribution in [2.45, 2.75) is 155 Å². The number of halogens is 7. The summed E-state index contributed by atoms with van der Waals surface area (Å²) in [5.74, 6) is -19.2. The van der Waals surface area contributed by atoms with E-state index in [0.717, 1.165) is 25.7 Å². The molecule has 0 spiro atoms. The maximum absolute atomic E-state index is 13.9. The van der Waals surface area contributed by atoms with Crippen molar-refractivity contribution in [1.29, 1.82) is 0 Å². The zero-order chi connectivity index (χ0) is 33.3. The zero-order valence-corrected chi connectivity index (χ0v) is 26.2. The lowest BCUT2D eigenvalue weighted by atomic mass is 9.95. The Bertz CT molecular complexity index is 825. The molecule has 43 heavy (non-hydrogen) atoms. The number of hydrogen-bond donors (Lipinski definition) is 2. The molecule has 6 nitrogen and oxygen atoms in total. The van der Waals surface area contributed by atoms with Gasteiger partial charge in [0.05, 0.1) is 6.61 Å². The summed E-state index contributed by atoms with van der Waals surface area (Å²) in [7, 11) is 0. The van der Waals surface area contributed by atoms with Crippen LogP contribution in [0.4, 0.5) is 30.7 Å². The van der Waals surface area contributed by atoms with Gasteiger partial charge in [0, 0.05) is 0 Å². The smallest absolute Gasteiger partial charge is 0.460 e. The second kappa shape index (κ2) is 20.0. The first-order chi connectivity index (χ1) is 20.0. The fourth-order valence-electron chi connectivity index (χ4n) is 4.37. The number of carbonyl (C=O) groups is 3. The number of carbonyl (C=O) groups excluding carboxylic acids is 3. The van der Waals surface area contributed by atoms with Crippen molar-refractivity contribution in [1.82, 2.24) is 10.6 Å². The van der Waals surface area contributed by atoms with E-state index in [2.05, 4.69) is 12.2 Å². The van der Waals surface area contributed by atoms with Gasteiger partial charge >= 0.3 is 24.0 Å². The minimum atomic E-state index is -6.71. The van der Waals surface area contributed by atoms with E-state index >= 15 is 0 Å². The normalized spacial score (nSPS) is 15.3. The van der Waals surface area contributed by atoms with Gasteiger partial charge in [-0.05, 0) is 18.3 Å². The Kier molecular flexibility index (Phi) is 19.1. The Morgan fingerprint density at radius 2 is 1.05 bits per heavy atom. The predicted octanol–water partition coefficient (Wildman–Crippen LogP) is 8.13. The van der Waals surface area contributed by atoms with Gasteiger partial charge < -0.3 is 15.4 Å². The fraction of sp³-hybridized carbons (Fsp3) is 0.900. The van der Waals surface area contributed by atoms with Crippen LogP contribution >= 0.6 is 0 Å². The van der Waals surface area contributed by atoms with Crippen LogP contribution in [-0.4, -0.2) is 54.5 Å². The second-order valence-corrected chi connectivity index (χ2v) is 11.4. The number of hydrogen-bond acceptors (Lipinski definition) is 4. The largest absolute Gasteiger partial charge is 0.464 e. The number of rotatable bonds is 23. The van der Waals surface area contributed by atoms with E-state index in [1.165, 1.54) is 64.1 Å². The van der Waals surface area contributed by atoms with Crippen molar-refractivity contribution in [3.63, 3.8) is 0 Å². The standard InChI is InChI=1S/C30H51F7N2O4/c1-6-9-10-11-12-13-14-15-16-17-18-19-20-43-26(41)24(22(5)8-3)38-25(40)23(21(4)7-2)39-27(42)28(31,32)29(33,34)30(35,36)37/h21-24H,6-20H2,1-5H3,(H,38,40)(H,39,42). The molecule has 0 aliphatic carbocycles. The molecular formula is C30H51F7N2O4. The van der Waals surface area contributed by atoms with E-state index < -0.39 is 59.7 Å². The van der Waals surface area contributed by atoms with E-state index in [9.17, 15) is 45.1 Å². The predicted molar refractivity (Wildman–Crippen MR) is 151 cm³/mol. The van der Waals surface area contributed by atoms with Crippen LogP contribution in [0.1, 0.15) is 125 Å². The van der Waals surface area contributed by atoms with Crippen LogP contribution in [-0.2, 0) is 19.1 Å². The Balaban J connectivity index is 5.02. The lowest BCUT2D eigenvalue weighted by Crippen LogP contribution is -2.63. The van der Waals surface area contributed by atoms with E-state index in [4.69, 9.17) is 4.74 Å². The molecule has 0 radical (unpaired) electrons. The summed E-state index contributed by atoms with van der Waals surface area (Å²) >= 11 is 0. The summed E-state index contributed by atoms with van der Waals surface area (Å²) in [6, 6.07) is -3.17. The molecule has 0 heterocycles. The van der Waals surface area contributed by atoms with Crippen molar-refractivity contribution >= 4 is 17.8 Å². The average molecular weight is 637 g/mol. The summed E-state index contributed by atoms with van der Waals surface area (Å²) in [5, 5.41) is 3.67. The third-order valence-electron chi connectivity index (χ3n) is 7.82. The number of nitrogens with one attached hydrogen (secondary N) is 2. The molecule has 0 saturated carbocycles. The fourth-order valence-corrected chi connectivity index (χ4v) is 4.37. The van der Waals surface area contributed by atoms with E-state index in [1.54, 1.807) is 13.8 Å². The highest BCUT2D eigenvalue weighted by Gasteiger charge is 2.76. The maximum Gasteiger partial charge on any atom is 0.460 e. The van der Waals surface area contributed by atoms with Crippen LogP contribution in [0.15, 0.2) is 0 Å². The molecule has 4 atom stereocenters. The van der Waals surface area contributed by atoms with Gasteiger partial charge in [-0.15, -0.1) is 0 Å². The highest BCUT2D eigenvalue weighted by Crippen LogP contribution is 2.46. The van der Waals surface area contributed by atoms with Crippen LogP contribution < -0.4 is 10.6 Å². The molecule has 4 unspecified atom stereocenters. The van der Waals surface area contributed by atoms with Gasteiger partial charge in [0.25, 0.3) is 5.91 Å². The van der Waals surface area contributed by atoms with Crippen molar-refractivity contribution in [3.8, 4) is 0 Å². The molecule has 0 saturated heterocycles. The molecular weight excluding hydrogens is 585 g/mol. The van der Waals surface area contributed by atoms with E-state index in [1.807, 2.05) is 0 Å². The summed E-state index contributed by atoms with van der Waals surface area (Å²) in [5.41, 5.74) is 0. The first kappa shape index (κ1) is 40.9. The Hall–Kier alpha value is -2.08. The van der Waals surface area contributed by atoms with Gasteiger partial charge in [-0.3, -0.25) is 9.59 Å². The number of alkyl halides is 7. The Morgan fingerprint density at radius 1 is 0.628 bits per heavy atom. The number of amides is 2. The van der Waals surface area contributed by atoms with Gasteiger partial charge in [-0.1, -0.05) is 118 Å². The quantitative estimate of drug-likeness (QED) is 0.0674. The van der Waals surface area contributed by atoms with Gasteiger partial charge in [0.2, 0.25) is 5.91 Å². The van der Waals surface area contributed by atoms with Crippen LogP contribution in [0.3, 0.4) is 0 Å². The Morgan fingerprint density at radius 3 is 1.47 bits per heavy atom. The van der Waals surface area contributed by atoms with Crippen molar-refractivity contribution in [2.75, 3.05) is 6.61 Å². The summed E-state index contributed by atoms with van der Waals surface area (Å²) in [4.78, 5) is 37.7. The van der Waals surface area contributed by atoms with Crippen LogP contribution in [0.2, 0.25) is 0 Å². The second-order valence-electron chi connectivity index (χ2n) is 11.4. The molecule has 0 aromatic heterocycles. The lowest BCUT2D eigenvalue weighted by Gasteiger charge is -2.31. The molecule has 0 aromatic rings. The first-order valence-electron chi connectivity index (χ1n) is 15.6. The van der Waals surface area contributed by atoms with Crippen LogP contribution in [0, 0.1) is 11.8 Å². The summed E-state index contributed by atoms with van der Waals surface area (Å²) in [6.45, 7) is 8.42. The van der Waals surface area contributed by atoms with Crippen LogP contribution in [0.25, 0.3) is 0 Å². The maximum atomic E-state index is 13.9. The molecule has 254 valence electrons. The summed E-state index contributed by atoms with van der Waals surface area (Å²) < 4.78 is 97.5. The number of ether oxygens (including phenoxy) is 1. The molecule has 0 rings (SSSR count). The summed E-state index contributed by atoms with van der Waals surface area (Å²) in [6.07, 6.45) is 7.13. The van der Waals surface area contributed by atoms with Gasteiger partial charge in [-0.2, -0.15) is 30.7 Å². The van der Waals surface area contributed by atoms with Gasteiger partial charge in [0.15, 0.2) is 0 Å². The lowest BCUT2D eigenvalue weighted by molar-refractivity contribution is -0.344. The zero-order valence-electron chi connectivity index (χ0n) is 26.2. The highest BCUT2D eigenvalue weighted by atomic mass is 19.4. The van der Waals surface area contributed by atoms with Gasteiger partial charge in [0.1, 0.15) is 12.1 Å². The van der Waals surface area contributed by atoms with Crippen molar-refractivity contribution < 1.29 is 49.9 Å². The first-order valence-corrected chi connectivity index (χ1v) is 15.6. The Labute approximate surface area is 251 Å². The molecule has 13 heteroatoms. The monoisotopic (exact) mass is 636 g/mol. The number of esters is 1. The number of unbranched alkanes of at least 4 members (excludes halogenated alkanes) is 11. The molecule has 0 aliphatic rings. The molecule has 0 bridgehead atoms. The molecule has 0 aliphatic heterocycles. The molecule has 2 amide bonds. The SMILES string of the molecule is CCCCCCCCCCCCCCOC(=O)C(NC(=O)C(NC(=O)C(F)(F)C(F)(F)C(F)(F)F)C(C)CC)C(C)CC. The minimum absolute atomic E-state index is 0.0665.